The first-order chi connectivity index (χ1) is 9.60. The van der Waals surface area contributed by atoms with Crippen molar-refractivity contribution in [2.75, 3.05) is 6.61 Å². The lowest BCUT2D eigenvalue weighted by Gasteiger charge is -2.43. The molecule has 0 atom stereocenters. The Balaban J connectivity index is 2.90. The smallest absolute Gasteiger partial charge is 0.372 e. The largest absolute Gasteiger partial charge is 0.462 e. The van der Waals surface area contributed by atoms with E-state index in [1.165, 1.54) is 13.8 Å². The molecule has 1 aliphatic carbocycles. The van der Waals surface area contributed by atoms with Crippen LogP contribution in [0, 0.1) is 5.41 Å². The van der Waals surface area contributed by atoms with Crippen LogP contribution in [-0.2, 0) is 9.53 Å². The molecule has 0 saturated heterocycles. The molecule has 1 fully saturated rings. The first-order valence-electron chi connectivity index (χ1n) is 6.60. The molecule has 0 aromatic rings. The SMILES string of the molecule is CCC(C)(C)C(=O)OCC1(F)CC(F)(F)C(F)(F)C(F)(F)C1. The number of hydrogen-bond donors (Lipinski definition) is 0. The Kier molecular flexibility index (Phi) is 4.55. The summed E-state index contributed by atoms with van der Waals surface area (Å²) in [6.45, 7) is 3.05. The summed E-state index contributed by atoms with van der Waals surface area (Å²) in [4.78, 5) is 11.6. The maximum Gasteiger partial charge on any atom is 0.372 e. The van der Waals surface area contributed by atoms with E-state index < -0.39 is 54.3 Å². The summed E-state index contributed by atoms with van der Waals surface area (Å²) in [5.41, 5.74) is -4.49. The van der Waals surface area contributed by atoms with E-state index in [1.807, 2.05) is 0 Å². The van der Waals surface area contributed by atoms with Gasteiger partial charge in [0.05, 0.1) is 18.3 Å². The lowest BCUT2D eigenvalue weighted by Crippen LogP contribution is -2.64. The number of ether oxygens (including phenoxy) is 1. The van der Waals surface area contributed by atoms with Crippen LogP contribution in [0.2, 0.25) is 0 Å². The van der Waals surface area contributed by atoms with Crippen molar-refractivity contribution >= 4 is 5.97 Å². The van der Waals surface area contributed by atoms with Gasteiger partial charge in [0.25, 0.3) is 0 Å². The van der Waals surface area contributed by atoms with Crippen LogP contribution in [0.3, 0.4) is 0 Å². The Labute approximate surface area is 123 Å². The maximum absolute atomic E-state index is 14.2. The average Bonchev–Trinajstić information content (AvgIpc) is 2.32. The third-order valence-corrected chi connectivity index (χ3v) is 3.89. The van der Waals surface area contributed by atoms with Gasteiger partial charge in [0, 0.05) is 0 Å². The fourth-order valence-electron chi connectivity index (χ4n) is 1.98. The van der Waals surface area contributed by atoms with Crippen molar-refractivity contribution in [3.8, 4) is 0 Å². The first kappa shape index (κ1) is 19.0. The van der Waals surface area contributed by atoms with Gasteiger partial charge in [0.2, 0.25) is 0 Å². The van der Waals surface area contributed by atoms with Gasteiger partial charge in [-0.25, -0.2) is 4.39 Å². The van der Waals surface area contributed by atoms with Crippen molar-refractivity contribution < 1.29 is 40.3 Å². The van der Waals surface area contributed by atoms with E-state index in [2.05, 4.69) is 4.74 Å². The highest BCUT2D eigenvalue weighted by Gasteiger charge is 2.78. The zero-order chi connectivity index (χ0) is 17.6. The van der Waals surface area contributed by atoms with Crippen LogP contribution >= 0.6 is 0 Å². The van der Waals surface area contributed by atoms with Crippen molar-refractivity contribution in [3.05, 3.63) is 0 Å². The summed E-state index contributed by atoms with van der Waals surface area (Å²) < 4.78 is 97.4. The number of carbonyl (C=O) groups is 1. The number of carbonyl (C=O) groups excluding carboxylic acids is 1. The lowest BCUT2D eigenvalue weighted by atomic mass is 9.79. The molecule has 0 aliphatic heterocycles. The molecule has 22 heavy (non-hydrogen) atoms. The van der Waals surface area contributed by atoms with Gasteiger partial charge in [0.15, 0.2) is 5.67 Å². The molecular weight excluding hydrogens is 321 g/mol. The van der Waals surface area contributed by atoms with Crippen molar-refractivity contribution in [3.63, 3.8) is 0 Å². The van der Waals surface area contributed by atoms with Crippen LogP contribution in [0.4, 0.5) is 30.7 Å². The van der Waals surface area contributed by atoms with Crippen LogP contribution in [0.1, 0.15) is 40.0 Å². The monoisotopic (exact) mass is 338 g/mol. The highest BCUT2D eigenvalue weighted by atomic mass is 19.3. The molecule has 0 unspecified atom stereocenters. The minimum atomic E-state index is -5.65. The minimum absolute atomic E-state index is 0.273. The maximum atomic E-state index is 14.2. The molecule has 9 heteroatoms. The zero-order valence-electron chi connectivity index (χ0n) is 12.3. The molecule has 1 aliphatic rings. The highest BCUT2D eigenvalue weighted by Crippen LogP contribution is 2.57. The lowest BCUT2D eigenvalue weighted by molar-refractivity contribution is -0.351. The quantitative estimate of drug-likeness (QED) is 0.562. The first-order valence-corrected chi connectivity index (χ1v) is 6.60. The van der Waals surface area contributed by atoms with Crippen LogP contribution < -0.4 is 0 Å². The number of halogens is 7. The summed E-state index contributed by atoms with van der Waals surface area (Å²) in [6.07, 6.45) is -4.00. The molecule has 0 heterocycles. The van der Waals surface area contributed by atoms with Crippen molar-refractivity contribution in [1.82, 2.24) is 0 Å². The van der Waals surface area contributed by atoms with Gasteiger partial charge in [0.1, 0.15) is 6.61 Å². The summed E-state index contributed by atoms with van der Waals surface area (Å²) >= 11 is 0. The van der Waals surface area contributed by atoms with E-state index >= 15 is 0 Å². The fraction of sp³-hybridized carbons (Fsp3) is 0.923. The molecular formula is C13H17F7O2. The Hall–Kier alpha value is -1.02. The number of hydrogen-bond acceptors (Lipinski definition) is 2. The highest BCUT2D eigenvalue weighted by molar-refractivity contribution is 5.75. The number of rotatable bonds is 4. The molecule has 0 aromatic carbocycles. The van der Waals surface area contributed by atoms with Gasteiger partial charge in [-0.3, -0.25) is 4.79 Å². The molecule has 0 N–H and O–H groups in total. The second-order valence-corrected chi connectivity index (χ2v) is 6.30. The standard InChI is InChI=1S/C13H17F7O2/c1-4-9(2,3)8(21)22-7-10(14)5-11(15,16)13(19,20)12(17,18)6-10/h4-7H2,1-3H3. The van der Waals surface area contributed by atoms with E-state index in [0.717, 1.165) is 0 Å². The topological polar surface area (TPSA) is 26.3 Å². The summed E-state index contributed by atoms with van der Waals surface area (Å²) in [5, 5.41) is 0. The molecule has 1 saturated carbocycles. The molecule has 0 aromatic heterocycles. The molecule has 0 spiro atoms. The Morgan fingerprint density at radius 3 is 1.77 bits per heavy atom. The Bertz CT molecular complexity index is 426. The summed E-state index contributed by atoms with van der Waals surface area (Å²) in [5.74, 6) is -17.1. The van der Waals surface area contributed by atoms with E-state index in [9.17, 15) is 35.5 Å². The molecule has 0 radical (unpaired) electrons. The van der Waals surface area contributed by atoms with E-state index in [0.29, 0.717) is 0 Å². The normalized spacial score (nSPS) is 25.5. The summed E-state index contributed by atoms with van der Waals surface area (Å²) in [7, 11) is 0. The van der Waals surface area contributed by atoms with Gasteiger partial charge in [-0.05, 0) is 20.3 Å². The van der Waals surface area contributed by atoms with Gasteiger partial charge in [-0.2, -0.15) is 26.3 Å². The van der Waals surface area contributed by atoms with Crippen LogP contribution in [0.5, 0.6) is 0 Å². The molecule has 130 valence electrons. The van der Waals surface area contributed by atoms with Crippen molar-refractivity contribution in [2.24, 2.45) is 5.41 Å². The minimum Gasteiger partial charge on any atom is -0.462 e. The van der Waals surface area contributed by atoms with Crippen LogP contribution in [0.15, 0.2) is 0 Å². The third kappa shape index (κ3) is 3.17. The predicted molar refractivity (Wildman–Crippen MR) is 62.9 cm³/mol. The Morgan fingerprint density at radius 1 is 1.00 bits per heavy atom. The van der Waals surface area contributed by atoms with E-state index in [-0.39, 0.29) is 6.42 Å². The second-order valence-electron chi connectivity index (χ2n) is 6.30. The van der Waals surface area contributed by atoms with E-state index in [4.69, 9.17) is 0 Å². The number of esters is 1. The molecule has 2 nitrogen and oxygen atoms in total. The zero-order valence-corrected chi connectivity index (χ0v) is 12.3. The number of alkyl halides is 7. The molecule has 1 rings (SSSR count). The van der Waals surface area contributed by atoms with Crippen molar-refractivity contribution in [1.29, 1.82) is 0 Å². The van der Waals surface area contributed by atoms with Gasteiger partial charge < -0.3 is 4.74 Å². The van der Waals surface area contributed by atoms with Gasteiger partial charge in [-0.15, -0.1) is 0 Å². The van der Waals surface area contributed by atoms with Crippen molar-refractivity contribution in [2.45, 2.75) is 63.5 Å². The van der Waals surface area contributed by atoms with Gasteiger partial charge in [-0.1, -0.05) is 6.92 Å². The fourth-order valence-corrected chi connectivity index (χ4v) is 1.98. The Morgan fingerprint density at radius 2 is 1.41 bits per heavy atom. The van der Waals surface area contributed by atoms with E-state index in [1.54, 1.807) is 6.92 Å². The van der Waals surface area contributed by atoms with Crippen LogP contribution in [0.25, 0.3) is 0 Å². The van der Waals surface area contributed by atoms with Crippen LogP contribution in [-0.4, -0.2) is 36.0 Å². The second kappa shape index (κ2) is 5.26. The summed E-state index contributed by atoms with van der Waals surface area (Å²) in [6, 6.07) is 0. The molecule has 0 amide bonds. The molecule has 0 bridgehead atoms. The third-order valence-electron chi connectivity index (χ3n) is 3.89. The predicted octanol–water partition coefficient (Wildman–Crippen LogP) is 4.37. The average molecular weight is 338 g/mol. The van der Waals surface area contributed by atoms with Gasteiger partial charge >= 0.3 is 23.7 Å².